The van der Waals surface area contributed by atoms with Crippen LogP contribution >= 0.6 is 0 Å². The summed E-state index contributed by atoms with van der Waals surface area (Å²) >= 11 is 0. The summed E-state index contributed by atoms with van der Waals surface area (Å²) in [7, 11) is 1.40. The van der Waals surface area contributed by atoms with E-state index >= 15 is 0 Å². The molecule has 2 aliphatic heterocycles. The van der Waals surface area contributed by atoms with Crippen LogP contribution in [0.15, 0.2) is 159 Å². The normalized spacial score (nSPS) is 19.0. The van der Waals surface area contributed by atoms with E-state index in [1.165, 1.54) is 70.1 Å². The Bertz CT molecular complexity index is 3710. The number of carbonyl (C=O) groups excluding carboxylic acids is 1. The molecule has 6 heterocycles. The van der Waals surface area contributed by atoms with Gasteiger partial charge in [0.25, 0.3) is 0 Å². The van der Waals surface area contributed by atoms with Crippen LogP contribution in [0.1, 0.15) is 59.2 Å². The highest BCUT2D eigenvalue weighted by molar-refractivity contribution is 6.11. The van der Waals surface area contributed by atoms with E-state index in [-0.39, 0.29) is 5.97 Å². The molecule has 14 rings (SSSR count). The number of rotatable bonds is 8. The van der Waals surface area contributed by atoms with Crippen molar-refractivity contribution in [2.24, 2.45) is 11.8 Å². The largest absolute Gasteiger partial charge is 0.478 e. The Morgan fingerprint density at radius 1 is 0.507 bits per heavy atom. The van der Waals surface area contributed by atoms with Crippen LogP contribution in [-0.4, -0.2) is 78.5 Å². The summed E-state index contributed by atoms with van der Waals surface area (Å²) in [5.41, 5.74) is 13.0. The first-order chi connectivity index (χ1) is 34.8. The minimum atomic E-state index is -0.932. The smallest absolute Gasteiger partial charge is 0.338 e. The first-order valence-corrected chi connectivity index (χ1v) is 24.6. The average Bonchev–Trinajstić information content (AvgIpc) is 4.32. The van der Waals surface area contributed by atoms with Crippen molar-refractivity contribution in [3.63, 3.8) is 0 Å². The summed E-state index contributed by atoms with van der Waals surface area (Å²) in [6.07, 6.45) is 19.6. The average molecular weight is 935 g/mol. The predicted octanol–water partition coefficient (Wildman–Crippen LogP) is 11.9. The van der Waals surface area contributed by atoms with Crippen LogP contribution in [0.2, 0.25) is 0 Å². The fraction of sp³-hybridized carbons (Fsp3) is 0.220. The molecule has 2 saturated heterocycles. The fourth-order valence-electron chi connectivity index (χ4n) is 12.1. The Morgan fingerprint density at radius 3 is 1.38 bits per heavy atom. The van der Waals surface area contributed by atoms with E-state index < -0.39 is 5.97 Å². The number of nitrogens with zero attached hydrogens (tertiary/aromatic N) is 8. The minimum absolute atomic E-state index is 0.293. The summed E-state index contributed by atoms with van der Waals surface area (Å²) in [6.45, 7) is 2.39. The summed E-state index contributed by atoms with van der Waals surface area (Å²) in [5.74, 6) is 0.476. The number of ether oxygens (including phenoxy) is 1. The number of hydrogen-bond donors (Lipinski definition) is 1. The lowest BCUT2D eigenvalue weighted by molar-refractivity contribution is 0.0602. The lowest BCUT2D eigenvalue weighted by atomic mass is 9.96. The van der Waals surface area contributed by atoms with Gasteiger partial charge in [-0.1, -0.05) is 84.9 Å². The number of fused-ring (bicyclic) bond motifs is 8. The second kappa shape index (κ2) is 17.2. The topological polar surface area (TPSA) is 130 Å². The number of aromatic carboxylic acids is 1. The fourth-order valence-corrected chi connectivity index (χ4v) is 12.1. The maximum Gasteiger partial charge on any atom is 0.338 e. The van der Waals surface area contributed by atoms with Crippen molar-refractivity contribution in [3.8, 4) is 44.5 Å². The van der Waals surface area contributed by atoms with Gasteiger partial charge in [-0.25, -0.2) is 28.6 Å². The Balaban J connectivity index is 0.000000139. The number of carboxylic acid groups (broad SMARTS) is 1. The third kappa shape index (κ3) is 7.44. The van der Waals surface area contributed by atoms with Crippen LogP contribution < -0.4 is 9.80 Å². The lowest BCUT2D eigenvalue weighted by Crippen LogP contribution is -2.31. The number of piperidine rings is 2. The molecule has 0 amide bonds. The first-order valence-electron chi connectivity index (χ1n) is 24.6. The van der Waals surface area contributed by atoms with Gasteiger partial charge in [-0.15, -0.1) is 0 Å². The predicted molar refractivity (Wildman–Crippen MR) is 278 cm³/mol. The van der Waals surface area contributed by atoms with Crippen molar-refractivity contribution in [1.29, 1.82) is 0 Å². The molecule has 4 fully saturated rings. The number of carboxylic acids is 1. The van der Waals surface area contributed by atoms with Gasteiger partial charge in [0.05, 0.1) is 30.6 Å². The molecule has 4 atom stereocenters. The molecular formula is C59H50N8O4. The third-order valence-corrected chi connectivity index (χ3v) is 15.7. The highest BCUT2D eigenvalue weighted by atomic mass is 16.5. The summed E-state index contributed by atoms with van der Waals surface area (Å²) in [6, 6.07) is 41.8. The van der Waals surface area contributed by atoms with E-state index in [4.69, 9.17) is 14.7 Å². The summed E-state index contributed by atoms with van der Waals surface area (Å²) < 4.78 is 8.62. The van der Waals surface area contributed by atoms with Gasteiger partial charge in [0.15, 0.2) is 11.3 Å². The van der Waals surface area contributed by atoms with Crippen LogP contribution in [0.25, 0.3) is 77.3 Å². The Morgan fingerprint density at radius 2 is 0.958 bits per heavy atom. The van der Waals surface area contributed by atoms with Gasteiger partial charge < -0.3 is 19.6 Å². The quantitative estimate of drug-likeness (QED) is 0.147. The molecule has 4 aliphatic rings. The maximum absolute atomic E-state index is 12.3. The van der Waals surface area contributed by atoms with Gasteiger partial charge in [-0.2, -0.15) is 10.2 Å². The third-order valence-electron chi connectivity index (χ3n) is 15.7. The second-order valence-corrected chi connectivity index (χ2v) is 19.6. The van der Waals surface area contributed by atoms with Gasteiger partial charge in [-0.05, 0) is 131 Å². The Labute approximate surface area is 409 Å². The number of carbonyl (C=O) groups is 2. The molecule has 350 valence electrons. The van der Waals surface area contributed by atoms with Crippen molar-refractivity contribution in [2.45, 2.75) is 50.6 Å². The van der Waals surface area contributed by atoms with E-state index in [9.17, 15) is 14.7 Å². The van der Waals surface area contributed by atoms with Crippen molar-refractivity contribution < 1.29 is 19.4 Å². The molecular weight excluding hydrogens is 885 g/mol. The molecule has 10 aromatic rings. The van der Waals surface area contributed by atoms with E-state index in [0.717, 1.165) is 89.8 Å². The molecule has 12 nitrogen and oxygen atoms in total. The van der Waals surface area contributed by atoms with E-state index in [1.807, 2.05) is 102 Å². The molecule has 1 N–H and O–H groups in total. The first kappa shape index (κ1) is 42.7. The number of aromatic nitrogens is 6. The zero-order valence-electron chi connectivity index (χ0n) is 39.2. The van der Waals surface area contributed by atoms with Gasteiger partial charge in [0.2, 0.25) is 0 Å². The van der Waals surface area contributed by atoms with Crippen molar-refractivity contribution in [1.82, 2.24) is 29.2 Å². The van der Waals surface area contributed by atoms with Crippen LogP contribution in [0.5, 0.6) is 0 Å². The molecule has 4 aromatic heterocycles. The molecule has 6 aromatic carbocycles. The molecule has 0 radical (unpaired) electrons. The van der Waals surface area contributed by atoms with Crippen LogP contribution in [0.4, 0.5) is 11.4 Å². The molecule has 12 heteroatoms. The van der Waals surface area contributed by atoms with Gasteiger partial charge in [-0.3, -0.25) is 0 Å². The minimum Gasteiger partial charge on any atom is -0.478 e. The number of benzene rings is 6. The number of hydrogen-bond acceptors (Lipinski definition) is 9. The van der Waals surface area contributed by atoms with Crippen LogP contribution in [-0.2, 0) is 4.74 Å². The molecule has 2 aliphatic carbocycles. The van der Waals surface area contributed by atoms with Crippen LogP contribution in [0, 0.1) is 11.8 Å². The Hall–Kier alpha value is -8.38. The number of anilines is 2. The highest BCUT2D eigenvalue weighted by Gasteiger charge is 2.38. The molecule has 2 saturated carbocycles. The van der Waals surface area contributed by atoms with Gasteiger partial charge >= 0.3 is 11.9 Å². The second-order valence-electron chi connectivity index (χ2n) is 19.6. The standard InChI is InChI=1S/C30H26N4O2.C29H24N4O2/c1-36-30(35)27-13-12-26(24-4-2-3-5-25(24)27)28-16-32-34-18-21(15-31-29(28)34)20-7-10-22(11-8-20)33-17-19-6-9-23(33)14-19;34-29(35)26-12-11-25(23-3-1-2-4-24(23)26)27-15-31-33-17-20(14-30-28(27)33)19-6-9-21(10-7-19)32-16-18-5-8-22(32)13-18/h2-5,7-8,10-13,15-16,18-19,23H,6,9,14,17H2,1H3;1-4,6-7,9-12,14-15,17-18,22H,5,8,13,16H2,(H,34,35)/t19-,23+;18-,22+/m00/s1. The molecule has 0 unspecified atom stereocenters. The van der Waals surface area contributed by atoms with Crippen molar-refractivity contribution in [3.05, 3.63) is 170 Å². The zero-order chi connectivity index (χ0) is 47.7. The van der Waals surface area contributed by atoms with E-state index in [0.29, 0.717) is 22.6 Å². The van der Waals surface area contributed by atoms with Gasteiger partial charge in [0.1, 0.15) is 0 Å². The van der Waals surface area contributed by atoms with Crippen molar-refractivity contribution in [2.75, 3.05) is 30.0 Å². The monoisotopic (exact) mass is 934 g/mol. The summed E-state index contributed by atoms with van der Waals surface area (Å²) in [5, 5.41) is 22.2. The Kier molecular flexibility index (Phi) is 10.4. The molecule has 71 heavy (non-hydrogen) atoms. The van der Waals surface area contributed by atoms with Crippen LogP contribution in [0.3, 0.4) is 0 Å². The van der Waals surface area contributed by atoms with Crippen molar-refractivity contribution >= 4 is 56.2 Å². The van der Waals surface area contributed by atoms with E-state index in [1.54, 1.807) is 16.8 Å². The highest BCUT2D eigenvalue weighted by Crippen LogP contribution is 2.42. The molecule has 4 bridgehead atoms. The lowest BCUT2D eigenvalue weighted by Gasteiger charge is -2.29. The van der Waals surface area contributed by atoms with E-state index in [2.05, 4.69) is 68.5 Å². The summed E-state index contributed by atoms with van der Waals surface area (Å²) in [4.78, 5) is 38.7. The zero-order valence-corrected chi connectivity index (χ0v) is 39.2. The number of esters is 1. The van der Waals surface area contributed by atoms with Gasteiger partial charge in [0, 0.05) is 83.6 Å². The SMILES string of the molecule is COC(=O)c1ccc(-c2cnn3cc(-c4ccc(N5C[C@H]6CC[C@@H]5C6)cc4)cnc23)c2ccccc12.O=C(O)c1ccc(-c2cnn3cc(-c4ccc(N5C[C@H]6CC[C@@H]5C6)cc4)cnc23)c2ccccc12. The maximum atomic E-state index is 12.3. The number of methoxy groups -OCH3 is 1. The molecule has 0 spiro atoms.